The second-order valence-corrected chi connectivity index (χ2v) is 6.59. The van der Waals surface area contributed by atoms with Crippen molar-refractivity contribution >= 4 is 10.1 Å². The fourth-order valence-electron chi connectivity index (χ4n) is 1.93. The summed E-state index contributed by atoms with van der Waals surface area (Å²) in [7, 11) is -2.29. The van der Waals surface area contributed by atoms with Gasteiger partial charge in [-0.3, -0.25) is 0 Å². The van der Waals surface area contributed by atoms with E-state index in [4.69, 9.17) is 13.7 Å². The van der Waals surface area contributed by atoms with E-state index < -0.39 is 10.1 Å². The summed E-state index contributed by atoms with van der Waals surface area (Å²) < 4.78 is 40.3. The van der Waals surface area contributed by atoms with Gasteiger partial charge in [-0.25, -0.2) is 0 Å². The summed E-state index contributed by atoms with van der Waals surface area (Å²) in [5, 5.41) is 0. The van der Waals surface area contributed by atoms with Crippen LogP contribution in [0.5, 0.6) is 11.5 Å². The van der Waals surface area contributed by atoms with Crippen LogP contribution in [0.4, 0.5) is 0 Å². The molecule has 0 spiro atoms. The number of methoxy groups -OCH3 is 1. The first-order valence-electron chi connectivity index (χ1n) is 7.16. The fraction of sp³-hybridized carbons (Fsp3) is 0.294. The van der Waals surface area contributed by atoms with Crippen LogP contribution in [-0.4, -0.2) is 28.7 Å². The number of rotatable bonds is 7. The third kappa shape index (κ3) is 4.46. The Hall–Kier alpha value is -2.05. The maximum Gasteiger partial charge on any atom is 0.339 e. The van der Waals surface area contributed by atoms with Gasteiger partial charge in [0.25, 0.3) is 0 Å². The second-order valence-electron chi connectivity index (χ2n) is 5.05. The molecule has 23 heavy (non-hydrogen) atoms. The van der Waals surface area contributed by atoms with E-state index in [2.05, 4.69) is 0 Å². The number of ether oxygens (including phenoxy) is 2. The molecule has 0 aromatic heterocycles. The molecule has 0 aliphatic rings. The fourth-order valence-corrected chi connectivity index (χ4v) is 2.91. The lowest BCUT2D eigenvalue weighted by Gasteiger charge is -2.11. The molecule has 0 aliphatic carbocycles. The van der Waals surface area contributed by atoms with Gasteiger partial charge in [-0.05, 0) is 55.3 Å². The van der Waals surface area contributed by atoms with Crippen molar-refractivity contribution < 1.29 is 22.1 Å². The zero-order valence-corrected chi connectivity index (χ0v) is 14.2. The summed E-state index contributed by atoms with van der Waals surface area (Å²) in [5.74, 6) is 0.915. The number of hydrogen-bond donors (Lipinski definition) is 0. The molecule has 0 N–H and O–H groups in total. The molecule has 2 rings (SSSR count). The minimum atomic E-state index is -3.87. The predicted octanol–water partition coefficient (Wildman–Crippen LogP) is 3.10. The molecule has 2 aromatic rings. The summed E-state index contributed by atoms with van der Waals surface area (Å²) in [6, 6.07) is 11.4. The lowest BCUT2D eigenvalue weighted by molar-refractivity contribution is 0.146. The quantitative estimate of drug-likeness (QED) is 0.574. The van der Waals surface area contributed by atoms with Crippen molar-refractivity contribution in [3.8, 4) is 11.5 Å². The summed E-state index contributed by atoms with van der Waals surface area (Å²) in [6.45, 7) is 4.60. The van der Waals surface area contributed by atoms with Gasteiger partial charge in [0.05, 0.1) is 6.61 Å². The summed E-state index contributed by atoms with van der Waals surface area (Å²) in [4.78, 5) is 0.0810. The predicted molar refractivity (Wildman–Crippen MR) is 87.5 cm³/mol. The first kappa shape index (κ1) is 17.3. The van der Waals surface area contributed by atoms with E-state index in [9.17, 15) is 8.42 Å². The van der Waals surface area contributed by atoms with E-state index >= 15 is 0 Å². The lowest BCUT2D eigenvalue weighted by atomic mass is 10.1. The minimum Gasteiger partial charge on any atom is -0.491 e. The maximum absolute atomic E-state index is 12.4. The molecule has 124 valence electrons. The van der Waals surface area contributed by atoms with Crippen LogP contribution in [0.25, 0.3) is 0 Å². The van der Waals surface area contributed by atoms with Crippen LogP contribution in [0.2, 0.25) is 0 Å². The monoisotopic (exact) mass is 336 g/mol. The van der Waals surface area contributed by atoms with E-state index in [1.165, 1.54) is 12.1 Å². The van der Waals surface area contributed by atoms with Gasteiger partial charge in [0.15, 0.2) is 0 Å². The first-order valence-corrected chi connectivity index (χ1v) is 8.57. The number of hydrogen-bond acceptors (Lipinski definition) is 5. The normalized spacial score (nSPS) is 11.3. The SMILES string of the molecule is COCCOc1ccc(S(=O)(=O)Oc2cccc(C)c2C)cc1. The molecule has 6 heteroatoms. The third-order valence-corrected chi connectivity index (χ3v) is 4.67. The van der Waals surface area contributed by atoms with Gasteiger partial charge in [0.1, 0.15) is 23.0 Å². The van der Waals surface area contributed by atoms with Crippen molar-refractivity contribution in [2.24, 2.45) is 0 Å². The zero-order chi connectivity index (χ0) is 16.9. The highest BCUT2D eigenvalue weighted by Crippen LogP contribution is 2.25. The van der Waals surface area contributed by atoms with Crippen molar-refractivity contribution in [1.29, 1.82) is 0 Å². The van der Waals surface area contributed by atoms with Crippen LogP contribution in [0.15, 0.2) is 47.4 Å². The van der Waals surface area contributed by atoms with E-state index in [-0.39, 0.29) is 4.90 Å². The van der Waals surface area contributed by atoms with Crippen LogP contribution in [0.3, 0.4) is 0 Å². The molecule has 0 amide bonds. The minimum absolute atomic E-state index is 0.0810. The van der Waals surface area contributed by atoms with Crippen LogP contribution in [0.1, 0.15) is 11.1 Å². The van der Waals surface area contributed by atoms with Crippen molar-refractivity contribution in [2.45, 2.75) is 18.7 Å². The van der Waals surface area contributed by atoms with Crippen LogP contribution in [0, 0.1) is 13.8 Å². The van der Waals surface area contributed by atoms with Gasteiger partial charge in [-0.1, -0.05) is 12.1 Å². The third-order valence-electron chi connectivity index (χ3n) is 3.42. The van der Waals surface area contributed by atoms with Gasteiger partial charge in [0, 0.05) is 7.11 Å². The molecular weight excluding hydrogens is 316 g/mol. The molecule has 0 fully saturated rings. The number of benzene rings is 2. The Labute approximate surface area is 136 Å². The smallest absolute Gasteiger partial charge is 0.339 e. The highest BCUT2D eigenvalue weighted by Gasteiger charge is 2.18. The van der Waals surface area contributed by atoms with Crippen LogP contribution < -0.4 is 8.92 Å². The standard InChI is InChI=1S/C17H20O5S/c1-13-5-4-6-17(14(13)2)22-23(18,19)16-9-7-15(8-10-16)21-12-11-20-3/h4-10H,11-12H2,1-3H3. The Bertz CT molecular complexity index is 751. The summed E-state index contributed by atoms with van der Waals surface area (Å²) >= 11 is 0. The first-order chi connectivity index (χ1) is 10.9. The molecule has 0 bridgehead atoms. The van der Waals surface area contributed by atoms with Gasteiger partial charge in [-0.15, -0.1) is 0 Å². The second kappa shape index (κ2) is 7.48. The van der Waals surface area contributed by atoms with Gasteiger partial charge >= 0.3 is 10.1 Å². The van der Waals surface area contributed by atoms with E-state index in [0.29, 0.717) is 24.7 Å². The Morgan fingerprint density at radius 3 is 2.30 bits per heavy atom. The highest BCUT2D eigenvalue weighted by molar-refractivity contribution is 7.87. The highest BCUT2D eigenvalue weighted by atomic mass is 32.2. The molecule has 0 radical (unpaired) electrons. The van der Waals surface area contributed by atoms with Crippen molar-refractivity contribution in [3.05, 3.63) is 53.6 Å². The molecule has 5 nitrogen and oxygen atoms in total. The average molecular weight is 336 g/mol. The van der Waals surface area contributed by atoms with E-state index in [0.717, 1.165) is 11.1 Å². The van der Waals surface area contributed by atoms with Gasteiger partial charge < -0.3 is 13.7 Å². The van der Waals surface area contributed by atoms with Crippen molar-refractivity contribution in [2.75, 3.05) is 20.3 Å². The molecule has 0 saturated heterocycles. The van der Waals surface area contributed by atoms with Crippen molar-refractivity contribution in [3.63, 3.8) is 0 Å². The Morgan fingerprint density at radius 2 is 1.65 bits per heavy atom. The lowest BCUT2D eigenvalue weighted by Crippen LogP contribution is -2.11. The van der Waals surface area contributed by atoms with Crippen LogP contribution in [-0.2, 0) is 14.9 Å². The largest absolute Gasteiger partial charge is 0.491 e. The summed E-state index contributed by atoms with van der Waals surface area (Å²) in [5.41, 5.74) is 1.77. The van der Waals surface area contributed by atoms with E-state index in [1.807, 2.05) is 19.9 Å². The Morgan fingerprint density at radius 1 is 0.957 bits per heavy atom. The zero-order valence-electron chi connectivity index (χ0n) is 13.4. The molecular formula is C17H20O5S. The van der Waals surface area contributed by atoms with Gasteiger partial charge in [0.2, 0.25) is 0 Å². The average Bonchev–Trinajstić information content (AvgIpc) is 2.52. The Kier molecular flexibility index (Phi) is 5.63. The maximum atomic E-state index is 12.4. The molecule has 0 aliphatic heterocycles. The van der Waals surface area contributed by atoms with E-state index in [1.54, 1.807) is 31.4 Å². The van der Waals surface area contributed by atoms with Gasteiger partial charge in [-0.2, -0.15) is 8.42 Å². The molecule has 0 atom stereocenters. The number of aryl methyl sites for hydroxylation is 1. The summed E-state index contributed by atoms with van der Waals surface area (Å²) in [6.07, 6.45) is 0. The molecule has 0 heterocycles. The topological polar surface area (TPSA) is 61.8 Å². The van der Waals surface area contributed by atoms with Crippen molar-refractivity contribution in [1.82, 2.24) is 0 Å². The molecule has 2 aromatic carbocycles. The Balaban J connectivity index is 2.14. The molecule has 0 unspecified atom stereocenters. The molecule has 0 saturated carbocycles. The van der Waals surface area contributed by atoms with Crippen LogP contribution >= 0.6 is 0 Å².